The maximum absolute atomic E-state index is 11.9. The van der Waals surface area contributed by atoms with Crippen LogP contribution in [0.4, 0.5) is 0 Å². The van der Waals surface area contributed by atoms with Gasteiger partial charge in [0.05, 0.1) is 17.4 Å². The van der Waals surface area contributed by atoms with Crippen molar-refractivity contribution >= 4 is 22.5 Å². The lowest BCUT2D eigenvalue weighted by Gasteiger charge is -2.12. The molecule has 108 valence electrons. The first-order chi connectivity index (χ1) is 9.60. The van der Waals surface area contributed by atoms with Gasteiger partial charge in [-0.3, -0.25) is 4.79 Å². The molecule has 1 atom stereocenters. The predicted molar refractivity (Wildman–Crippen MR) is 80.0 cm³/mol. The number of aliphatic hydroxyl groups excluding tert-OH is 1. The minimum atomic E-state index is -0.161. The van der Waals surface area contributed by atoms with Crippen LogP contribution in [0, 0.1) is 0 Å². The summed E-state index contributed by atoms with van der Waals surface area (Å²) in [6, 6.07) is 5.29. The van der Waals surface area contributed by atoms with Gasteiger partial charge in [-0.2, -0.15) is 0 Å². The Balaban J connectivity index is 2.13. The number of aromatic nitrogens is 2. The summed E-state index contributed by atoms with van der Waals surface area (Å²) in [6.45, 7) is 2.70. The van der Waals surface area contributed by atoms with E-state index in [4.69, 9.17) is 16.7 Å². The fourth-order valence-corrected chi connectivity index (χ4v) is 2.18. The van der Waals surface area contributed by atoms with Gasteiger partial charge >= 0.3 is 0 Å². The molecule has 3 N–H and O–H groups in total. The molecule has 0 bridgehead atoms. The van der Waals surface area contributed by atoms with E-state index in [1.54, 1.807) is 18.2 Å². The molecule has 0 spiro atoms. The molecule has 0 saturated heterocycles. The van der Waals surface area contributed by atoms with Gasteiger partial charge < -0.3 is 15.4 Å². The van der Waals surface area contributed by atoms with Crippen molar-refractivity contribution in [3.8, 4) is 0 Å². The van der Waals surface area contributed by atoms with Crippen LogP contribution in [0.2, 0.25) is 5.02 Å². The molecule has 1 aromatic heterocycles. The first-order valence-electron chi connectivity index (χ1n) is 6.63. The number of hydrogen-bond donors (Lipinski definition) is 3. The summed E-state index contributed by atoms with van der Waals surface area (Å²) in [5, 5.41) is 13.1. The molecule has 0 radical (unpaired) electrons. The summed E-state index contributed by atoms with van der Waals surface area (Å²) >= 11 is 5.92. The molecular formula is C14H18ClN3O2. The number of nitrogens with one attached hydrogen (secondary N) is 2. The highest BCUT2D eigenvalue weighted by molar-refractivity contribution is 6.31. The van der Waals surface area contributed by atoms with Crippen molar-refractivity contribution in [3.05, 3.63) is 39.4 Å². The summed E-state index contributed by atoms with van der Waals surface area (Å²) < 4.78 is 0. The molecule has 0 saturated carbocycles. The minimum absolute atomic E-state index is 0.161. The van der Waals surface area contributed by atoms with Crippen LogP contribution in [0.5, 0.6) is 0 Å². The molecule has 2 aromatic rings. The highest BCUT2D eigenvalue weighted by atomic mass is 35.5. The first kappa shape index (κ1) is 15.0. The number of nitrogens with zero attached hydrogens (tertiary/aromatic N) is 1. The van der Waals surface area contributed by atoms with Gasteiger partial charge in [-0.25, -0.2) is 4.98 Å². The zero-order valence-corrected chi connectivity index (χ0v) is 12.1. The normalized spacial score (nSPS) is 12.8. The Kier molecular flexibility index (Phi) is 5.11. The molecule has 0 amide bonds. The Bertz CT molecular complexity index is 642. The summed E-state index contributed by atoms with van der Waals surface area (Å²) in [4.78, 5) is 19.1. The van der Waals surface area contributed by atoms with Crippen molar-refractivity contribution in [2.45, 2.75) is 32.4 Å². The van der Waals surface area contributed by atoms with Gasteiger partial charge in [0, 0.05) is 17.7 Å². The van der Waals surface area contributed by atoms with Crippen LogP contribution in [0.1, 0.15) is 25.6 Å². The third kappa shape index (κ3) is 3.79. The van der Waals surface area contributed by atoms with Gasteiger partial charge in [0.1, 0.15) is 5.82 Å². The second-order valence-electron chi connectivity index (χ2n) is 4.82. The fraction of sp³-hybridized carbons (Fsp3) is 0.429. The number of halogens is 1. The van der Waals surface area contributed by atoms with E-state index in [0.717, 1.165) is 12.8 Å². The van der Waals surface area contributed by atoms with Crippen molar-refractivity contribution in [1.82, 2.24) is 15.3 Å². The second kappa shape index (κ2) is 6.83. The third-order valence-electron chi connectivity index (χ3n) is 3.13. The molecule has 0 aliphatic carbocycles. The van der Waals surface area contributed by atoms with Gasteiger partial charge in [0.25, 0.3) is 5.56 Å². The molecule has 20 heavy (non-hydrogen) atoms. The van der Waals surface area contributed by atoms with Crippen molar-refractivity contribution in [1.29, 1.82) is 0 Å². The maximum Gasteiger partial charge on any atom is 0.258 e. The Hall–Kier alpha value is -1.43. The first-order valence-corrected chi connectivity index (χ1v) is 7.00. The quantitative estimate of drug-likeness (QED) is 0.760. The molecular weight excluding hydrogens is 278 g/mol. The number of fused-ring (bicyclic) bond motifs is 1. The van der Waals surface area contributed by atoms with Crippen LogP contribution in [-0.4, -0.2) is 27.7 Å². The summed E-state index contributed by atoms with van der Waals surface area (Å²) in [5.41, 5.74) is 0.438. The van der Waals surface area contributed by atoms with Crippen molar-refractivity contribution < 1.29 is 5.11 Å². The second-order valence-corrected chi connectivity index (χ2v) is 5.26. The van der Waals surface area contributed by atoms with Crippen molar-refractivity contribution in [2.75, 3.05) is 6.61 Å². The molecule has 0 aliphatic rings. The monoisotopic (exact) mass is 295 g/mol. The average molecular weight is 296 g/mol. The molecule has 0 aliphatic heterocycles. The lowest BCUT2D eigenvalue weighted by Crippen LogP contribution is -2.27. The lowest BCUT2D eigenvalue weighted by molar-refractivity contribution is 0.276. The molecule has 5 nitrogen and oxygen atoms in total. The van der Waals surface area contributed by atoms with Gasteiger partial charge in [-0.1, -0.05) is 11.6 Å². The Morgan fingerprint density at radius 1 is 1.50 bits per heavy atom. The van der Waals surface area contributed by atoms with E-state index in [1.165, 1.54) is 0 Å². The van der Waals surface area contributed by atoms with E-state index < -0.39 is 0 Å². The van der Waals surface area contributed by atoms with Crippen molar-refractivity contribution in [2.24, 2.45) is 0 Å². The smallest absolute Gasteiger partial charge is 0.258 e. The van der Waals surface area contributed by atoms with Crippen LogP contribution >= 0.6 is 11.6 Å². The van der Waals surface area contributed by atoms with Crippen LogP contribution in [0.15, 0.2) is 23.0 Å². The standard InChI is InChI=1S/C14H18ClN3O2/c1-9(3-2-6-19)16-8-13-17-12-7-10(15)4-5-11(12)14(20)18-13/h4-5,7,9,16,19H,2-3,6,8H2,1H3,(H,17,18,20). The number of hydrogen-bond acceptors (Lipinski definition) is 4. The number of benzene rings is 1. The number of H-pyrrole nitrogens is 1. The molecule has 0 fully saturated rings. The molecule has 1 heterocycles. The highest BCUT2D eigenvalue weighted by Crippen LogP contribution is 2.14. The van der Waals surface area contributed by atoms with Crippen LogP contribution in [0.25, 0.3) is 10.9 Å². The summed E-state index contributed by atoms with van der Waals surface area (Å²) in [7, 11) is 0. The van der Waals surface area contributed by atoms with E-state index in [1.807, 2.05) is 6.92 Å². The number of aromatic amines is 1. The zero-order valence-electron chi connectivity index (χ0n) is 11.3. The Morgan fingerprint density at radius 3 is 3.05 bits per heavy atom. The third-order valence-corrected chi connectivity index (χ3v) is 3.37. The highest BCUT2D eigenvalue weighted by Gasteiger charge is 2.06. The number of aliphatic hydroxyl groups is 1. The van der Waals surface area contributed by atoms with E-state index in [-0.39, 0.29) is 18.2 Å². The van der Waals surface area contributed by atoms with E-state index in [2.05, 4.69) is 15.3 Å². The summed E-state index contributed by atoms with van der Waals surface area (Å²) in [6.07, 6.45) is 1.63. The molecule has 6 heteroatoms. The largest absolute Gasteiger partial charge is 0.396 e. The molecule has 1 aromatic carbocycles. The van der Waals surface area contributed by atoms with Crippen LogP contribution in [0.3, 0.4) is 0 Å². The minimum Gasteiger partial charge on any atom is -0.396 e. The van der Waals surface area contributed by atoms with Crippen molar-refractivity contribution in [3.63, 3.8) is 0 Å². The van der Waals surface area contributed by atoms with E-state index >= 15 is 0 Å². The maximum atomic E-state index is 11.9. The topological polar surface area (TPSA) is 78.0 Å². The van der Waals surface area contributed by atoms with Crippen LogP contribution in [-0.2, 0) is 6.54 Å². The Labute approximate surface area is 122 Å². The fourth-order valence-electron chi connectivity index (χ4n) is 2.02. The van der Waals surface area contributed by atoms with Gasteiger partial charge in [0.15, 0.2) is 0 Å². The van der Waals surface area contributed by atoms with Gasteiger partial charge in [0.2, 0.25) is 0 Å². The summed E-state index contributed by atoms with van der Waals surface area (Å²) in [5.74, 6) is 0.584. The number of rotatable bonds is 6. The van der Waals surface area contributed by atoms with Crippen LogP contribution < -0.4 is 10.9 Å². The Morgan fingerprint density at radius 2 is 2.30 bits per heavy atom. The molecule has 2 rings (SSSR count). The average Bonchev–Trinajstić information content (AvgIpc) is 2.42. The van der Waals surface area contributed by atoms with Gasteiger partial charge in [-0.15, -0.1) is 0 Å². The molecule has 1 unspecified atom stereocenters. The van der Waals surface area contributed by atoms with E-state index in [0.29, 0.717) is 28.3 Å². The van der Waals surface area contributed by atoms with E-state index in [9.17, 15) is 4.79 Å². The lowest BCUT2D eigenvalue weighted by atomic mass is 10.2. The van der Waals surface area contributed by atoms with Gasteiger partial charge in [-0.05, 0) is 38.0 Å². The SMILES string of the molecule is CC(CCCO)NCc1nc2cc(Cl)ccc2c(=O)[nH]1. The zero-order chi connectivity index (χ0) is 14.5. The predicted octanol–water partition coefficient (Wildman–Crippen LogP) is 1.83.